The molecule has 1 aromatic heterocycles. The number of piperazine rings is 1. The number of nitrogens with two attached hydrogens (primary N) is 1. The van der Waals surface area contributed by atoms with Crippen molar-refractivity contribution in [3.8, 4) is 0 Å². The van der Waals surface area contributed by atoms with Gasteiger partial charge in [0.1, 0.15) is 5.51 Å². The van der Waals surface area contributed by atoms with Crippen molar-refractivity contribution >= 4 is 28.3 Å². The average Bonchev–Trinajstić information content (AvgIpc) is 3.00. The molecule has 1 aromatic rings. The van der Waals surface area contributed by atoms with Crippen molar-refractivity contribution in [2.24, 2.45) is 5.73 Å². The molecule has 0 saturated carbocycles. The molecular weight excluding hydrogens is 316 g/mol. The van der Waals surface area contributed by atoms with Crippen LogP contribution in [0.15, 0.2) is 5.51 Å². The smallest absolute Gasteiger partial charge is 0.242 e. The van der Waals surface area contributed by atoms with Crippen LogP contribution in [0.3, 0.4) is 0 Å². The molecule has 2 rings (SSSR count). The molecule has 1 aliphatic heterocycles. The van der Waals surface area contributed by atoms with Gasteiger partial charge >= 0.3 is 0 Å². The summed E-state index contributed by atoms with van der Waals surface area (Å²) in [5.41, 5.74) is 6.88. The number of hydrogen-bond acceptors (Lipinski definition) is 7. The Labute approximate surface area is 140 Å². The van der Waals surface area contributed by atoms with Gasteiger partial charge in [0.05, 0.1) is 12.1 Å². The molecule has 2 heterocycles. The van der Waals surface area contributed by atoms with Crippen molar-refractivity contribution in [1.29, 1.82) is 0 Å². The number of carbonyl (C=O) groups is 2. The first-order chi connectivity index (χ1) is 10.9. The van der Waals surface area contributed by atoms with E-state index < -0.39 is 5.54 Å². The lowest BCUT2D eigenvalue weighted by Gasteiger charge is -2.38. The van der Waals surface area contributed by atoms with Gasteiger partial charge in [0.25, 0.3) is 0 Å². The number of nitrogens with zero attached hydrogens (tertiary/aromatic N) is 4. The van der Waals surface area contributed by atoms with E-state index in [9.17, 15) is 9.59 Å². The second-order valence-electron chi connectivity index (χ2n) is 6.03. The Bertz CT molecular complexity index is 525. The minimum Gasteiger partial charge on any atom is -0.339 e. The predicted molar refractivity (Wildman–Crippen MR) is 89.1 cm³/mol. The quantitative estimate of drug-likeness (QED) is 0.763. The molecule has 1 saturated heterocycles. The Morgan fingerprint density at radius 2 is 2.09 bits per heavy atom. The van der Waals surface area contributed by atoms with Gasteiger partial charge < -0.3 is 10.6 Å². The summed E-state index contributed by atoms with van der Waals surface area (Å²) in [5.74, 6) is -0.117. The summed E-state index contributed by atoms with van der Waals surface area (Å²) >= 11 is 1.29. The standard InChI is InChI=1S/C14H24N6O2S/c1-3-4-14(2,15)12(22)20-7-5-19(6-8-20)9-11(21)17-13-18-16-10-23-13/h10H,3-9,15H2,1-2H3,(H,17,18,21). The first-order valence-electron chi connectivity index (χ1n) is 7.79. The lowest BCUT2D eigenvalue weighted by molar-refractivity contribution is -0.138. The molecule has 8 nitrogen and oxygen atoms in total. The zero-order valence-corrected chi connectivity index (χ0v) is 14.4. The molecule has 0 spiro atoms. The Balaban J connectivity index is 1.77. The summed E-state index contributed by atoms with van der Waals surface area (Å²) in [6, 6.07) is 0. The highest BCUT2D eigenvalue weighted by Gasteiger charge is 2.33. The first kappa shape index (κ1) is 17.8. The van der Waals surface area contributed by atoms with Crippen LogP contribution in [-0.2, 0) is 9.59 Å². The molecule has 1 atom stereocenters. The zero-order valence-electron chi connectivity index (χ0n) is 13.6. The van der Waals surface area contributed by atoms with Crippen LogP contribution in [0.1, 0.15) is 26.7 Å². The number of rotatable bonds is 6. The Morgan fingerprint density at radius 3 is 2.65 bits per heavy atom. The lowest BCUT2D eigenvalue weighted by Crippen LogP contribution is -2.58. The molecule has 9 heteroatoms. The molecule has 1 fully saturated rings. The number of carbonyl (C=O) groups excluding carboxylic acids is 2. The third kappa shape index (κ3) is 4.95. The lowest BCUT2D eigenvalue weighted by atomic mass is 9.95. The van der Waals surface area contributed by atoms with E-state index in [2.05, 4.69) is 15.5 Å². The normalized spacial score (nSPS) is 18.5. The first-order valence-corrected chi connectivity index (χ1v) is 8.67. The van der Waals surface area contributed by atoms with E-state index in [-0.39, 0.29) is 18.4 Å². The summed E-state index contributed by atoms with van der Waals surface area (Å²) < 4.78 is 0. The second kappa shape index (κ2) is 7.80. The van der Waals surface area contributed by atoms with Crippen LogP contribution in [0.4, 0.5) is 5.13 Å². The summed E-state index contributed by atoms with van der Waals surface area (Å²) in [4.78, 5) is 28.2. The van der Waals surface area contributed by atoms with Gasteiger partial charge in [-0.25, -0.2) is 0 Å². The highest BCUT2D eigenvalue weighted by molar-refractivity contribution is 7.13. The van der Waals surface area contributed by atoms with Crippen LogP contribution < -0.4 is 11.1 Å². The molecule has 0 bridgehead atoms. The van der Waals surface area contributed by atoms with Gasteiger partial charge in [-0.05, 0) is 13.3 Å². The van der Waals surface area contributed by atoms with Crippen molar-refractivity contribution in [1.82, 2.24) is 20.0 Å². The van der Waals surface area contributed by atoms with Crippen LogP contribution in [0.5, 0.6) is 0 Å². The van der Waals surface area contributed by atoms with Crippen LogP contribution in [0.25, 0.3) is 0 Å². The molecule has 0 aliphatic carbocycles. The van der Waals surface area contributed by atoms with E-state index in [0.717, 1.165) is 6.42 Å². The van der Waals surface area contributed by atoms with Gasteiger partial charge in [0.2, 0.25) is 16.9 Å². The maximum absolute atomic E-state index is 12.4. The zero-order chi connectivity index (χ0) is 16.9. The van der Waals surface area contributed by atoms with Gasteiger partial charge in [-0.2, -0.15) is 0 Å². The summed E-state index contributed by atoms with van der Waals surface area (Å²) in [5, 5.41) is 10.7. The second-order valence-corrected chi connectivity index (χ2v) is 6.86. The van der Waals surface area contributed by atoms with Crippen LogP contribution >= 0.6 is 11.3 Å². The van der Waals surface area contributed by atoms with Crippen molar-refractivity contribution in [3.63, 3.8) is 0 Å². The average molecular weight is 340 g/mol. The van der Waals surface area contributed by atoms with Gasteiger partial charge in [0.15, 0.2) is 0 Å². The van der Waals surface area contributed by atoms with Crippen LogP contribution in [0, 0.1) is 0 Å². The maximum atomic E-state index is 12.4. The Morgan fingerprint density at radius 1 is 1.39 bits per heavy atom. The number of aromatic nitrogens is 2. The fraction of sp³-hybridized carbons (Fsp3) is 0.714. The van der Waals surface area contributed by atoms with Gasteiger partial charge in [0, 0.05) is 26.2 Å². The third-order valence-electron chi connectivity index (χ3n) is 3.89. The molecule has 0 aromatic carbocycles. The summed E-state index contributed by atoms with van der Waals surface area (Å²) in [6.07, 6.45) is 1.56. The number of nitrogens with one attached hydrogen (secondary N) is 1. The molecule has 1 aliphatic rings. The maximum Gasteiger partial charge on any atom is 0.242 e. The topological polar surface area (TPSA) is 104 Å². The van der Waals surface area contributed by atoms with Gasteiger partial charge in [-0.1, -0.05) is 24.7 Å². The van der Waals surface area contributed by atoms with Crippen molar-refractivity contribution in [3.05, 3.63) is 5.51 Å². The van der Waals surface area contributed by atoms with Crippen molar-refractivity contribution in [2.45, 2.75) is 32.2 Å². The highest BCUT2D eigenvalue weighted by atomic mass is 32.1. The monoisotopic (exact) mass is 340 g/mol. The van der Waals surface area contributed by atoms with E-state index in [4.69, 9.17) is 5.73 Å². The van der Waals surface area contributed by atoms with E-state index in [1.165, 1.54) is 11.3 Å². The highest BCUT2D eigenvalue weighted by Crippen LogP contribution is 2.15. The summed E-state index contributed by atoms with van der Waals surface area (Å²) in [7, 11) is 0. The number of amides is 2. The molecule has 1 unspecified atom stereocenters. The van der Waals surface area contributed by atoms with E-state index in [1.54, 1.807) is 17.3 Å². The fourth-order valence-corrected chi connectivity index (χ4v) is 3.15. The van der Waals surface area contributed by atoms with E-state index in [1.807, 2.05) is 11.8 Å². The molecule has 2 amide bonds. The Hall–Kier alpha value is -1.58. The number of anilines is 1. The minimum atomic E-state index is -0.799. The summed E-state index contributed by atoms with van der Waals surface area (Å²) in [6.45, 7) is 6.63. The molecular formula is C14H24N6O2S. The largest absolute Gasteiger partial charge is 0.339 e. The number of hydrogen-bond donors (Lipinski definition) is 2. The van der Waals surface area contributed by atoms with Gasteiger partial charge in [-0.15, -0.1) is 10.2 Å². The fourth-order valence-electron chi connectivity index (χ4n) is 2.69. The molecule has 23 heavy (non-hydrogen) atoms. The predicted octanol–water partition coefficient (Wildman–Crippen LogP) is 0.138. The molecule has 3 N–H and O–H groups in total. The van der Waals surface area contributed by atoms with E-state index in [0.29, 0.717) is 37.7 Å². The van der Waals surface area contributed by atoms with Crippen LogP contribution in [0.2, 0.25) is 0 Å². The Kier molecular flexibility index (Phi) is 6.03. The van der Waals surface area contributed by atoms with E-state index >= 15 is 0 Å². The minimum absolute atomic E-state index is 0.00249. The van der Waals surface area contributed by atoms with Gasteiger partial charge in [-0.3, -0.25) is 19.8 Å². The SMILES string of the molecule is CCCC(C)(N)C(=O)N1CCN(CC(=O)Nc2nncs2)CC1. The molecule has 0 radical (unpaired) electrons. The molecule has 128 valence electrons. The third-order valence-corrected chi connectivity index (χ3v) is 4.50. The van der Waals surface area contributed by atoms with Crippen molar-refractivity contribution < 1.29 is 9.59 Å². The van der Waals surface area contributed by atoms with Crippen molar-refractivity contribution in [2.75, 3.05) is 38.0 Å². The van der Waals surface area contributed by atoms with Crippen LogP contribution in [-0.4, -0.2) is 70.1 Å².